The summed E-state index contributed by atoms with van der Waals surface area (Å²) < 4.78 is 20.6. The molecule has 0 radical (unpaired) electrons. The highest BCUT2D eigenvalue weighted by molar-refractivity contribution is 8.00. The Balaban J connectivity index is 1.50. The molecule has 1 saturated carbocycles. The van der Waals surface area contributed by atoms with Gasteiger partial charge in [0.1, 0.15) is 30.1 Å². The van der Waals surface area contributed by atoms with Gasteiger partial charge in [-0.15, -0.1) is 6.58 Å². The summed E-state index contributed by atoms with van der Waals surface area (Å²) in [4.78, 5) is 26.1. The van der Waals surface area contributed by atoms with Gasteiger partial charge in [0.05, 0.1) is 29.2 Å². The van der Waals surface area contributed by atoms with E-state index in [1.54, 1.807) is 42.4 Å². The molecule has 0 spiro atoms. The van der Waals surface area contributed by atoms with Gasteiger partial charge in [0.2, 0.25) is 5.79 Å². The van der Waals surface area contributed by atoms with Gasteiger partial charge in [-0.05, 0) is 86.1 Å². The highest BCUT2D eigenvalue weighted by atomic mass is 32.2. The van der Waals surface area contributed by atoms with Crippen molar-refractivity contribution >= 4 is 23.8 Å². The van der Waals surface area contributed by atoms with Crippen LogP contribution in [0, 0.1) is 17.8 Å². The lowest BCUT2D eigenvalue weighted by Crippen LogP contribution is -2.64. The van der Waals surface area contributed by atoms with Crippen LogP contribution in [-0.2, 0) is 16.0 Å². The SMILES string of the molecule is C=CCO[C@@]12Oc3ccc(Oc4cccc(C=O)c4)cc3[C@H]3[C@H](CCCCO)[C@@H](CCCCO)C=C(C(=NOCC)C[C@@H]1SCCc1cnccn1)[C@H]32. The van der Waals surface area contributed by atoms with Crippen LogP contribution in [0.2, 0.25) is 0 Å². The quantitative estimate of drug-likeness (QED) is 0.0514. The molecule has 2 aliphatic carbocycles. The number of aliphatic hydroxyl groups excluding tert-OH is 2. The molecule has 282 valence electrons. The van der Waals surface area contributed by atoms with Gasteiger partial charge < -0.3 is 29.3 Å². The van der Waals surface area contributed by atoms with Crippen molar-refractivity contribution in [3.05, 3.63) is 102 Å². The number of rotatable bonds is 20. The van der Waals surface area contributed by atoms with Crippen molar-refractivity contribution in [2.24, 2.45) is 22.9 Å². The zero-order valence-corrected chi connectivity index (χ0v) is 31.3. The van der Waals surface area contributed by atoms with E-state index in [1.807, 2.05) is 37.4 Å². The number of carbonyl (C=O) groups is 1. The first kappa shape index (κ1) is 38.7. The van der Waals surface area contributed by atoms with E-state index in [1.165, 1.54) is 0 Å². The number of thioether (sulfide) groups is 1. The number of allylic oxidation sites excluding steroid dienone is 1. The van der Waals surface area contributed by atoms with Crippen LogP contribution in [-0.4, -0.2) is 75.4 Å². The van der Waals surface area contributed by atoms with Crippen molar-refractivity contribution in [1.82, 2.24) is 9.97 Å². The summed E-state index contributed by atoms with van der Waals surface area (Å²) >= 11 is 1.80. The number of aryl methyl sites for hydroxylation is 1. The van der Waals surface area contributed by atoms with Crippen molar-refractivity contribution in [2.45, 2.75) is 75.2 Å². The van der Waals surface area contributed by atoms with E-state index in [-0.39, 0.29) is 42.1 Å². The highest BCUT2D eigenvalue weighted by Gasteiger charge is 2.64. The summed E-state index contributed by atoms with van der Waals surface area (Å²) in [5.41, 5.74) is 4.48. The Labute approximate surface area is 316 Å². The Morgan fingerprint density at radius 1 is 1.08 bits per heavy atom. The van der Waals surface area contributed by atoms with Crippen LogP contribution in [0.5, 0.6) is 17.2 Å². The molecule has 10 nitrogen and oxygen atoms in total. The number of hydrogen-bond acceptors (Lipinski definition) is 11. The molecule has 6 rings (SSSR count). The number of aromatic nitrogens is 2. The number of benzene rings is 2. The number of oxime groups is 1. The van der Waals surface area contributed by atoms with Gasteiger partial charge in [0.25, 0.3) is 0 Å². The Kier molecular flexibility index (Phi) is 13.7. The molecule has 2 heterocycles. The third-order valence-corrected chi connectivity index (χ3v) is 11.8. The highest BCUT2D eigenvalue weighted by Crippen LogP contribution is 2.62. The van der Waals surface area contributed by atoms with Crippen molar-refractivity contribution in [3.63, 3.8) is 0 Å². The summed E-state index contributed by atoms with van der Waals surface area (Å²) in [7, 11) is 0. The van der Waals surface area contributed by atoms with Crippen LogP contribution in [0.4, 0.5) is 0 Å². The molecule has 3 aromatic rings. The monoisotopic (exact) mass is 741 g/mol. The number of hydrogen-bond donors (Lipinski definition) is 2. The molecule has 1 aromatic heterocycles. The number of fused-ring (bicyclic) bond motifs is 2. The molecule has 6 atom stereocenters. The second-order valence-corrected chi connectivity index (χ2v) is 15.1. The lowest BCUT2D eigenvalue weighted by molar-refractivity contribution is -0.223. The molecule has 11 heteroatoms. The maximum atomic E-state index is 11.5. The summed E-state index contributed by atoms with van der Waals surface area (Å²) in [6, 6.07) is 13.1. The Morgan fingerprint density at radius 3 is 2.66 bits per heavy atom. The van der Waals surface area contributed by atoms with Crippen LogP contribution in [0.1, 0.15) is 79.4 Å². The number of nitrogens with zero attached hydrogens (tertiary/aromatic N) is 3. The zero-order valence-electron chi connectivity index (χ0n) is 30.5. The fraction of sp³-hybridized carbons (Fsp3) is 0.476. The number of ether oxygens (including phenoxy) is 3. The summed E-state index contributed by atoms with van der Waals surface area (Å²) in [5, 5.41) is 24.2. The Hall–Kier alpha value is -4.03. The van der Waals surface area contributed by atoms with Crippen LogP contribution in [0.3, 0.4) is 0 Å². The smallest absolute Gasteiger partial charge is 0.230 e. The lowest BCUT2D eigenvalue weighted by Gasteiger charge is -2.58. The number of unbranched alkanes of at least 4 members (excludes halogenated alkanes) is 2. The molecule has 1 fully saturated rings. The van der Waals surface area contributed by atoms with Crippen molar-refractivity contribution < 1.29 is 34.1 Å². The van der Waals surface area contributed by atoms with E-state index in [4.69, 9.17) is 24.2 Å². The number of aliphatic hydroxyl groups is 2. The second kappa shape index (κ2) is 18.8. The molecule has 53 heavy (non-hydrogen) atoms. The van der Waals surface area contributed by atoms with Crippen LogP contribution in [0.15, 0.2) is 90.5 Å². The molecule has 0 unspecified atom stereocenters. The van der Waals surface area contributed by atoms with E-state index in [0.29, 0.717) is 43.1 Å². The predicted molar refractivity (Wildman–Crippen MR) is 207 cm³/mol. The standard InChI is InChI=1S/C42H51N3O7S/c1-3-21-49-42-39(53-22-16-31-27-43-17-18-44-31)26-37(45-50-4-2)35-24-30(11-5-7-19-46)34(13-6-8-20-47)40(41(35)42)36-25-33(14-15-38(36)52-42)51-32-12-9-10-29(23-32)28-48/h3,9-10,12,14-15,17-18,23-25,27-28,30,34,39-41,46-47H,1,4-8,11,13,16,19-22,26H2,2H3/t30-,34+,39-,40+,41+,42+/m0/s1. The number of carbonyl (C=O) groups excluding carboxylic acids is 1. The van der Waals surface area contributed by atoms with Gasteiger partial charge >= 0.3 is 0 Å². The molecule has 0 bridgehead atoms. The van der Waals surface area contributed by atoms with Gasteiger partial charge in [-0.3, -0.25) is 14.8 Å². The van der Waals surface area contributed by atoms with Gasteiger partial charge in [0.15, 0.2) is 0 Å². The maximum Gasteiger partial charge on any atom is 0.230 e. The fourth-order valence-electron chi connectivity index (χ4n) is 8.23. The maximum absolute atomic E-state index is 11.5. The van der Waals surface area contributed by atoms with Crippen molar-refractivity contribution in [1.29, 1.82) is 0 Å². The molecule has 1 aliphatic heterocycles. The molecule has 0 saturated heterocycles. The minimum Gasteiger partial charge on any atom is -0.460 e. The summed E-state index contributed by atoms with van der Waals surface area (Å²) in [5.74, 6) is 1.75. The Bertz CT molecular complexity index is 1740. The molecule has 3 aliphatic rings. The van der Waals surface area contributed by atoms with E-state index in [0.717, 1.165) is 78.9 Å². The topological polar surface area (TPSA) is 133 Å². The summed E-state index contributed by atoms with van der Waals surface area (Å²) in [6.07, 6.45) is 16.5. The largest absolute Gasteiger partial charge is 0.460 e. The molecular weight excluding hydrogens is 691 g/mol. The fourth-order valence-corrected chi connectivity index (χ4v) is 9.62. The van der Waals surface area contributed by atoms with Gasteiger partial charge in [0, 0.05) is 61.7 Å². The minimum absolute atomic E-state index is 0.0542. The van der Waals surface area contributed by atoms with Crippen LogP contribution >= 0.6 is 11.8 Å². The first-order valence-electron chi connectivity index (χ1n) is 18.8. The normalized spacial score (nSPS) is 25.1. The minimum atomic E-state index is -1.05. The first-order chi connectivity index (χ1) is 26.0. The van der Waals surface area contributed by atoms with E-state index in [2.05, 4.69) is 28.7 Å². The third kappa shape index (κ3) is 8.86. The summed E-state index contributed by atoms with van der Waals surface area (Å²) in [6.45, 7) is 6.99. The lowest BCUT2D eigenvalue weighted by atomic mass is 9.56. The van der Waals surface area contributed by atoms with Crippen molar-refractivity contribution in [2.75, 3.05) is 32.2 Å². The van der Waals surface area contributed by atoms with Crippen molar-refractivity contribution in [3.8, 4) is 17.2 Å². The second-order valence-electron chi connectivity index (χ2n) is 13.8. The molecule has 2 aromatic carbocycles. The van der Waals surface area contributed by atoms with E-state index >= 15 is 0 Å². The average Bonchev–Trinajstić information content (AvgIpc) is 3.18. The van der Waals surface area contributed by atoms with E-state index in [9.17, 15) is 15.0 Å². The van der Waals surface area contributed by atoms with Gasteiger partial charge in [-0.1, -0.05) is 42.3 Å². The molecule has 2 N–H and O–H groups in total. The van der Waals surface area contributed by atoms with E-state index < -0.39 is 5.79 Å². The Morgan fingerprint density at radius 2 is 1.91 bits per heavy atom. The van der Waals surface area contributed by atoms with Crippen LogP contribution in [0.25, 0.3) is 0 Å². The molecular formula is C42H51N3O7S. The first-order valence-corrected chi connectivity index (χ1v) is 19.9. The van der Waals surface area contributed by atoms with Crippen LogP contribution < -0.4 is 9.47 Å². The van der Waals surface area contributed by atoms with Gasteiger partial charge in [-0.25, -0.2) is 0 Å². The van der Waals surface area contributed by atoms with Gasteiger partial charge in [-0.2, -0.15) is 11.8 Å². The third-order valence-electron chi connectivity index (χ3n) is 10.4. The predicted octanol–water partition coefficient (Wildman–Crippen LogP) is 7.71. The number of aldehydes is 1. The molecule has 0 amide bonds. The zero-order chi connectivity index (χ0) is 37.0. The average molecular weight is 742 g/mol.